The Morgan fingerprint density at radius 3 is 1.73 bits per heavy atom. The van der Waals surface area contributed by atoms with E-state index in [0.29, 0.717) is 35.1 Å². The first-order valence-corrected chi connectivity index (χ1v) is 37.3. The van der Waals surface area contributed by atoms with Gasteiger partial charge in [0.1, 0.15) is 78.3 Å². The number of anilines is 1. The summed E-state index contributed by atoms with van der Waals surface area (Å²) in [4.78, 5) is 277. The quantitative estimate of drug-likeness (QED) is 0.0112. The number of unbranched alkanes of at least 4 members (excludes halogenated alkanes) is 6. The van der Waals surface area contributed by atoms with Gasteiger partial charge in [-0.15, -0.1) is 0 Å². The first-order valence-electron chi connectivity index (χ1n) is 37.3. The van der Waals surface area contributed by atoms with Crippen molar-refractivity contribution in [2.45, 2.75) is 209 Å². The van der Waals surface area contributed by atoms with Gasteiger partial charge in [0.05, 0.1) is 58.9 Å². The van der Waals surface area contributed by atoms with Gasteiger partial charge in [0.25, 0.3) is 0 Å². The Kier molecular flexibility index (Phi) is 39.9. The molecular weight excluding hydrogens is 1550 g/mol. The highest BCUT2D eigenvalue weighted by atomic mass is 16.5. The van der Waals surface area contributed by atoms with Crippen LogP contribution >= 0.6 is 0 Å². The second-order valence-corrected chi connectivity index (χ2v) is 27.6. The number of carbonyl (C=O) groups is 20. The summed E-state index contributed by atoms with van der Waals surface area (Å²) in [6.07, 6.45) is -2.57. The molecule has 0 saturated carbocycles. The topological polar surface area (TPSA) is 711 Å². The molecule has 3 aromatic rings. The van der Waals surface area contributed by atoms with Gasteiger partial charge in [0, 0.05) is 47.6 Å². The minimum absolute atomic E-state index is 0.0386. The van der Waals surface area contributed by atoms with Gasteiger partial charge in [-0.05, 0) is 81.5 Å². The van der Waals surface area contributed by atoms with Crippen molar-refractivity contribution in [2.75, 3.05) is 39.1 Å². The lowest BCUT2D eigenvalue weighted by Gasteiger charge is -2.30. The standard InChI is InChI=1S/C73H103N17O27/c1-6-7-8-9-10-11-12-19-54(94)82-45(24-38-31-77-43-21-20-39(116-5)25-41(38)43)67(109)85-46(27-53(76)93)68(110)87-49(30-60(103)104)69(111)90-62-37(4)117-73(115)50(26-52(92)40-16-13-14-17-42(40)75)88-72(114)61(35(2)23-57(97)98)89-70(112)51(34-91)83-56(96)32-78-64(106)47(28-58(99)100)84-63(105)36(3)80-66(108)48(29-59(101)102)86-65(107)44(18-15-22-74)81-55(95)33-79-71(62)113/h13-14,16-17,20-21,25,31,35-37,44-51,61-62,77,91H,6-12,15,18-19,22-24,26-30,32-34,74-75H2,1-5H3,(H2,76,93)(H,78,106)(H,79,113)(H,80,108)(H,81,95)(H,82,94)(H,83,96)(H,84,105)(H,85,109)(H,86,107)(H,87,110)(H,88,114)(H,89,112)(H,90,111)(H,97,98)(H,99,100)(H,101,102)(H,103,104)/t35-,36-,37-,44+,45+,46-,47+,48+,49+,50+,51-,61+,62+/m1/s1. The SMILES string of the molecule is CCCCCCCCCC(=O)N[C@@H](Cc1c[nH]c2ccc(OC)cc12)C(=O)N[C@H](CC(N)=O)C(=O)N[C@@H](CC(=O)O)C(=O)N[C@@H]1C(=O)NCC(=O)N[C@@H](CCCN)C(=O)N[C@@H](CC(=O)O)C(=O)N[C@H](C)C(=O)N[C@@H](CC(=O)O)C(=O)NCC(=O)N[C@H](CO)C(=O)N[C@@H]([C@H](C)CC(=O)O)C(=O)N[C@@H](CC(=O)c2ccccc2N)C(=O)O[C@@H]1C. The van der Waals surface area contributed by atoms with E-state index in [1.54, 1.807) is 24.4 Å². The predicted molar refractivity (Wildman–Crippen MR) is 407 cm³/mol. The van der Waals surface area contributed by atoms with Crippen LogP contribution < -0.4 is 91.1 Å². The molecule has 0 bridgehead atoms. The van der Waals surface area contributed by atoms with E-state index in [1.807, 2.05) is 16.0 Å². The second kappa shape index (κ2) is 48.3. The normalized spacial score (nSPS) is 21.0. The summed E-state index contributed by atoms with van der Waals surface area (Å²) in [7, 11) is 1.42. The zero-order chi connectivity index (χ0) is 87.3. The first-order chi connectivity index (χ1) is 55.3. The number of hydrogen-bond acceptors (Lipinski definition) is 25. The number of carboxylic acid groups (broad SMARTS) is 4. The molecule has 14 amide bonds. The third-order valence-electron chi connectivity index (χ3n) is 18.2. The molecule has 13 atom stereocenters. The summed E-state index contributed by atoms with van der Waals surface area (Å²) in [6.45, 7) is 1.09. The van der Waals surface area contributed by atoms with Crippen molar-refractivity contribution in [1.29, 1.82) is 0 Å². The van der Waals surface area contributed by atoms with Crippen molar-refractivity contribution in [3.63, 3.8) is 0 Å². The number of aliphatic hydroxyl groups excluding tert-OH is 1. The molecule has 44 heteroatoms. The number of aromatic nitrogens is 1. The number of aliphatic carboxylic acids is 4. The van der Waals surface area contributed by atoms with Gasteiger partial charge in [-0.1, -0.05) is 64.5 Å². The number of carbonyl (C=O) groups excluding carboxylic acids is 16. The summed E-state index contributed by atoms with van der Waals surface area (Å²) in [5, 5.41) is 78.6. The van der Waals surface area contributed by atoms with Gasteiger partial charge in [-0.3, -0.25) is 91.1 Å². The number of esters is 1. The van der Waals surface area contributed by atoms with Crippen LogP contribution in [0.1, 0.15) is 146 Å². The molecule has 1 fully saturated rings. The molecule has 1 saturated heterocycles. The number of nitrogen functional groups attached to an aromatic ring is 1. The zero-order valence-corrected chi connectivity index (χ0v) is 64.9. The number of benzene rings is 2. The van der Waals surface area contributed by atoms with Crippen LogP contribution in [0.3, 0.4) is 0 Å². The minimum Gasteiger partial charge on any atom is -0.497 e. The van der Waals surface area contributed by atoms with Gasteiger partial charge in [-0.2, -0.15) is 0 Å². The highest BCUT2D eigenvalue weighted by Gasteiger charge is 2.41. The van der Waals surface area contributed by atoms with Crippen LogP contribution in [0.4, 0.5) is 5.69 Å². The van der Waals surface area contributed by atoms with Crippen molar-refractivity contribution in [3.05, 3.63) is 59.8 Å². The molecule has 25 N–H and O–H groups in total. The molecule has 117 heavy (non-hydrogen) atoms. The van der Waals surface area contributed by atoms with Gasteiger partial charge >= 0.3 is 29.8 Å². The summed E-state index contributed by atoms with van der Waals surface area (Å²) in [6, 6.07) is -12.6. The summed E-state index contributed by atoms with van der Waals surface area (Å²) >= 11 is 0. The lowest BCUT2D eigenvalue weighted by molar-refractivity contribution is -0.156. The molecule has 1 aliphatic heterocycles. The van der Waals surface area contributed by atoms with Crippen molar-refractivity contribution in [2.24, 2.45) is 17.4 Å². The number of nitrogens with two attached hydrogens (primary N) is 3. The maximum atomic E-state index is 14.9. The fourth-order valence-corrected chi connectivity index (χ4v) is 11.9. The number of aliphatic hydroxyl groups is 1. The number of cyclic esters (lactones) is 1. The van der Waals surface area contributed by atoms with Crippen molar-refractivity contribution < 1.29 is 131 Å². The third-order valence-corrected chi connectivity index (χ3v) is 18.2. The maximum Gasteiger partial charge on any atom is 0.329 e. The largest absolute Gasteiger partial charge is 0.497 e. The van der Waals surface area contributed by atoms with Crippen LogP contribution in [-0.2, 0) is 102 Å². The van der Waals surface area contributed by atoms with Crippen molar-refractivity contribution in [1.82, 2.24) is 74.1 Å². The molecule has 0 aliphatic carbocycles. The highest BCUT2D eigenvalue weighted by Crippen LogP contribution is 2.26. The number of para-hydroxylation sites is 1. The fourth-order valence-electron chi connectivity index (χ4n) is 11.9. The molecule has 0 spiro atoms. The number of Topliss-reactive ketones (excluding diaryl/α,β-unsaturated/α-hetero) is 1. The number of H-pyrrole nitrogens is 1. The van der Waals surface area contributed by atoms with E-state index >= 15 is 0 Å². The Morgan fingerprint density at radius 2 is 1.14 bits per heavy atom. The van der Waals surface area contributed by atoms with E-state index in [4.69, 9.17) is 26.7 Å². The number of carboxylic acids is 4. The molecule has 4 rings (SSSR count). The van der Waals surface area contributed by atoms with Gasteiger partial charge in [0.2, 0.25) is 82.7 Å². The number of ether oxygens (including phenoxy) is 2. The lowest BCUT2D eigenvalue weighted by Crippen LogP contribution is -2.62. The summed E-state index contributed by atoms with van der Waals surface area (Å²) < 4.78 is 11.1. The van der Waals surface area contributed by atoms with E-state index in [0.717, 1.165) is 52.9 Å². The Balaban J connectivity index is 1.88. The van der Waals surface area contributed by atoms with Gasteiger partial charge < -0.3 is 126 Å². The number of amides is 14. The van der Waals surface area contributed by atoms with E-state index < -0.39 is 261 Å². The predicted octanol–water partition coefficient (Wildman–Crippen LogP) is -5.61. The van der Waals surface area contributed by atoms with Crippen molar-refractivity contribution >= 4 is 135 Å². The average molecular weight is 1650 g/mol. The zero-order valence-electron chi connectivity index (χ0n) is 64.9. The number of ketones is 1. The fraction of sp³-hybridized carbons (Fsp3) is 0.534. The number of nitrogens with one attached hydrogen (secondary N) is 14. The van der Waals surface area contributed by atoms with Crippen LogP contribution in [0.25, 0.3) is 10.9 Å². The van der Waals surface area contributed by atoms with Crippen LogP contribution in [-0.4, -0.2) is 255 Å². The van der Waals surface area contributed by atoms with E-state index in [2.05, 4.69) is 65.1 Å². The second-order valence-electron chi connectivity index (χ2n) is 27.6. The highest BCUT2D eigenvalue weighted by molar-refractivity contribution is 6.05. The molecule has 642 valence electrons. The number of methoxy groups -OCH3 is 1. The third kappa shape index (κ3) is 32.9. The average Bonchev–Trinajstić information content (AvgIpc) is 1.63. The van der Waals surface area contributed by atoms with E-state index in [-0.39, 0.29) is 37.1 Å². The summed E-state index contributed by atoms with van der Waals surface area (Å²) in [5.74, 6) is -29.5. The number of fused-ring (bicyclic) bond motifs is 1. The number of primary amides is 1. The Morgan fingerprint density at radius 1 is 0.581 bits per heavy atom. The molecular formula is C73H103N17O27. The van der Waals surface area contributed by atoms with Crippen LogP contribution in [0, 0.1) is 5.92 Å². The van der Waals surface area contributed by atoms with Gasteiger partial charge in [0.15, 0.2) is 5.78 Å². The molecule has 0 unspecified atom stereocenters. The van der Waals surface area contributed by atoms with Crippen LogP contribution in [0.15, 0.2) is 48.7 Å². The number of hydrogen-bond donors (Lipinski definition) is 22. The Labute approximate surface area is 669 Å². The Bertz CT molecular complexity index is 4120. The van der Waals surface area contributed by atoms with E-state index in [9.17, 15) is 121 Å². The van der Waals surface area contributed by atoms with E-state index in [1.165, 1.54) is 31.4 Å². The van der Waals surface area contributed by atoms with Gasteiger partial charge in [-0.25, -0.2) is 4.79 Å². The monoisotopic (exact) mass is 1650 g/mol. The maximum absolute atomic E-state index is 14.9. The lowest BCUT2D eigenvalue weighted by atomic mass is 9.96. The van der Waals surface area contributed by atoms with Crippen molar-refractivity contribution in [3.8, 4) is 5.75 Å². The molecule has 2 aromatic carbocycles. The molecule has 44 nitrogen and oxygen atoms in total. The summed E-state index contributed by atoms with van der Waals surface area (Å²) in [5.41, 5.74) is 18.0. The number of rotatable bonds is 36. The molecule has 1 aliphatic rings. The first kappa shape index (κ1) is 96.5. The molecule has 1 aromatic heterocycles. The minimum atomic E-state index is -2.46. The molecule has 0 radical (unpaired) electrons. The van der Waals surface area contributed by atoms with Crippen LogP contribution in [0.2, 0.25) is 0 Å². The smallest absolute Gasteiger partial charge is 0.329 e. The Hall–Kier alpha value is -12.9. The number of aromatic amines is 1. The van der Waals surface area contributed by atoms with Crippen LogP contribution in [0.5, 0.6) is 5.75 Å². The molecule has 2 heterocycles.